The Balaban J connectivity index is 1.82. The van der Waals surface area contributed by atoms with Crippen molar-refractivity contribution in [2.75, 3.05) is 26.2 Å². The Morgan fingerprint density at radius 2 is 1.56 bits per heavy atom. The SMILES string of the molecule is COc1ccc(N2C(=O)/C(=C\c3ccc(OC)cc3OC)N=C2c2cccc(C)c2)cc1. The Morgan fingerprint density at radius 1 is 0.844 bits per heavy atom. The van der Waals surface area contributed by atoms with E-state index in [0.717, 1.165) is 16.7 Å². The van der Waals surface area contributed by atoms with Gasteiger partial charge in [0.15, 0.2) is 0 Å². The highest BCUT2D eigenvalue weighted by molar-refractivity contribution is 6.33. The van der Waals surface area contributed by atoms with Crippen LogP contribution in [0.3, 0.4) is 0 Å². The van der Waals surface area contributed by atoms with E-state index in [0.29, 0.717) is 34.5 Å². The zero-order valence-electron chi connectivity index (χ0n) is 18.5. The second-order valence-electron chi connectivity index (χ2n) is 7.28. The summed E-state index contributed by atoms with van der Waals surface area (Å²) >= 11 is 0. The van der Waals surface area contributed by atoms with Crippen molar-refractivity contribution in [2.45, 2.75) is 6.92 Å². The number of hydrogen-bond donors (Lipinski definition) is 0. The average Bonchev–Trinajstić information content (AvgIpc) is 3.15. The topological polar surface area (TPSA) is 60.4 Å². The van der Waals surface area contributed by atoms with Gasteiger partial charge in [0, 0.05) is 17.2 Å². The van der Waals surface area contributed by atoms with E-state index in [1.165, 1.54) is 0 Å². The number of amides is 1. The summed E-state index contributed by atoms with van der Waals surface area (Å²) in [5.74, 6) is 2.34. The van der Waals surface area contributed by atoms with Crippen molar-refractivity contribution in [3.8, 4) is 17.2 Å². The van der Waals surface area contributed by atoms with Gasteiger partial charge in [-0.3, -0.25) is 9.69 Å². The van der Waals surface area contributed by atoms with Crippen molar-refractivity contribution < 1.29 is 19.0 Å². The minimum Gasteiger partial charge on any atom is -0.497 e. The first-order valence-electron chi connectivity index (χ1n) is 10.1. The molecule has 0 atom stereocenters. The largest absolute Gasteiger partial charge is 0.497 e. The summed E-state index contributed by atoms with van der Waals surface area (Å²) in [7, 11) is 4.79. The summed E-state index contributed by atoms with van der Waals surface area (Å²) in [6, 6.07) is 20.7. The van der Waals surface area contributed by atoms with Crippen LogP contribution in [0.4, 0.5) is 5.69 Å². The summed E-state index contributed by atoms with van der Waals surface area (Å²) < 4.78 is 16.0. The van der Waals surface area contributed by atoms with Crippen molar-refractivity contribution in [3.63, 3.8) is 0 Å². The summed E-state index contributed by atoms with van der Waals surface area (Å²) in [6.45, 7) is 2.01. The Hall–Kier alpha value is -4.06. The van der Waals surface area contributed by atoms with Crippen molar-refractivity contribution in [3.05, 3.63) is 89.1 Å². The molecule has 0 bridgehead atoms. The standard InChI is InChI=1S/C26H24N2O4/c1-17-6-5-7-19(14-17)25-27-23(15-18-8-11-22(31-3)16-24(18)32-4)26(29)28(25)20-9-12-21(30-2)13-10-20/h5-16H,1-4H3/b23-15+. The number of carbonyl (C=O) groups excluding carboxylic acids is 1. The lowest BCUT2D eigenvalue weighted by atomic mass is 10.1. The molecule has 0 saturated carbocycles. The van der Waals surface area contributed by atoms with Crippen LogP contribution in [0, 0.1) is 6.92 Å². The maximum atomic E-state index is 13.5. The first kappa shape index (κ1) is 21.2. The van der Waals surface area contributed by atoms with Crippen molar-refractivity contribution in [1.29, 1.82) is 0 Å². The number of aryl methyl sites for hydroxylation is 1. The molecule has 1 aliphatic rings. The second kappa shape index (κ2) is 8.98. The Kier molecular flexibility index (Phi) is 5.94. The Labute approximate surface area is 187 Å². The van der Waals surface area contributed by atoms with E-state index in [4.69, 9.17) is 19.2 Å². The van der Waals surface area contributed by atoms with Crippen LogP contribution in [-0.2, 0) is 4.79 Å². The Morgan fingerprint density at radius 3 is 2.22 bits per heavy atom. The van der Waals surface area contributed by atoms with E-state index in [-0.39, 0.29) is 5.91 Å². The van der Waals surface area contributed by atoms with Gasteiger partial charge in [0.05, 0.1) is 27.0 Å². The lowest BCUT2D eigenvalue weighted by molar-refractivity contribution is -0.113. The highest BCUT2D eigenvalue weighted by Crippen LogP contribution is 2.32. The van der Waals surface area contributed by atoms with Gasteiger partial charge in [-0.1, -0.05) is 23.8 Å². The minimum atomic E-state index is -0.218. The van der Waals surface area contributed by atoms with E-state index < -0.39 is 0 Å². The van der Waals surface area contributed by atoms with Crippen LogP contribution >= 0.6 is 0 Å². The number of amidine groups is 1. The van der Waals surface area contributed by atoms with Crippen LogP contribution in [0.25, 0.3) is 6.08 Å². The highest BCUT2D eigenvalue weighted by atomic mass is 16.5. The number of carbonyl (C=O) groups is 1. The molecule has 3 aromatic rings. The monoisotopic (exact) mass is 428 g/mol. The van der Waals surface area contributed by atoms with Gasteiger partial charge in [0.2, 0.25) is 0 Å². The summed E-state index contributed by atoms with van der Waals surface area (Å²) in [5.41, 5.74) is 3.71. The van der Waals surface area contributed by atoms with E-state index >= 15 is 0 Å². The van der Waals surface area contributed by atoms with E-state index in [9.17, 15) is 4.79 Å². The molecule has 6 heteroatoms. The van der Waals surface area contributed by atoms with Gasteiger partial charge in [-0.25, -0.2) is 4.99 Å². The van der Waals surface area contributed by atoms with Crippen LogP contribution in [0.5, 0.6) is 17.2 Å². The molecule has 1 amide bonds. The first-order chi connectivity index (χ1) is 15.5. The number of hydrogen-bond acceptors (Lipinski definition) is 5. The quantitative estimate of drug-likeness (QED) is 0.527. The number of benzene rings is 3. The summed E-state index contributed by atoms with van der Waals surface area (Å²) in [4.78, 5) is 19.9. The van der Waals surface area contributed by atoms with Crippen LogP contribution in [0.1, 0.15) is 16.7 Å². The van der Waals surface area contributed by atoms with Gasteiger partial charge in [-0.15, -0.1) is 0 Å². The highest BCUT2D eigenvalue weighted by Gasteiger charge is 2.32. The molecule has 1 aliphatic heterocycles. The summed E-state index contributed by atoms with van der Waals surface area (Å²) in [5, 5.41) is 0. The molecule has 0 saturated heterocycles. The normalized spacial score (nSPS) is 14.5. The second-order valence-corrected chi connectivity index (χ2v) is 7.28. The fraction of sp³-hybridized carbons (Fsp3) is 0.154. The lowest BCUT2D eigenvalue weighted by Crippen LogP contribution is -2.32. The molecule has 1 heterocycles. The maximum absolute atomic E-state index is 13.5. The molecule has 0 spiro atoms. The van der Waals surface area contributed by atoms with Gasteiger partial charge >= 0.3 is 0 Å². The molecular formula is C26H24N2O4. The predicted octanol–water partition coefficient (Wildman–Crippen LogP) is 4.86. The van der Waals surface area contributed by atoms with Crippen LogP contribution in [0.2, 0.25) is 0 Å². The number of anilines is 1. The van der Waals surface area contributed by atoms with Crippen LogP contribution in [-0.4, -0.2) is 33.1 Å². The minimum absolute atomic E-state index is 0.218. The third-order valence-electron chi connectivity index (χ3n) is 5.20. The molecule has 3 aromatic carbocycles. The molecule has 0 fully saturated rings. The van der Waals surface area contributed by atoms with Gasteiger partial charge in [0.1, 0.15) is 28.8 Å². The molecule has 162 valence electrons. The Bertz CT molecular complexity index is 1210. The molecule has 0 N–H and O–H groups in total. The van der Waals surface area contributed by atoms with Gasteiger partial charge < -0.3 is 14.2 Å². The fourth-order valence-electron chi connectivity index (χ4n) is 3.55. The number of methoxy groups -OCH3 is 3. The van der Waals surface area contributed by atoms with Gasteiger partial charge in [-0.2, -0.15) is 0 Å². The lowest BCUT2D eigenvalue weighted by Gasteiger charge is -2.19. The van der Waals surface area contributed by atoms with E-state index in [1.807, 2.05) is 67.6 Å². The van der Waals surface area contributed by atoms with Crippen LogP contribution < -0.4 is 19.1 Å². The third-order valence-corrected chi connectivity index (χ3v) is 5.20. The first-order valence-corrected chi connectivity index (χ1v) is 10.1. The van der Waals surface area contributed by atoms with E-state index in [1.54, 1.807) is 38.4 Å². The fourth-order valence-corrected chi connectivity index (χ4v) is 3.55. The van der Waals surface area contributed by atoms with Crippen molar-refractivity contribution in [2.24, 2.45) is 4.99 Å². The smallest absolute Gasteiger partial charge is 0.282 e. The van der Waals surface area contributed by atoms with Crippen molar-refractivity contribution >= 4 is 23.5 Å². The molecule has 0 radical (unpaired) electrons. The molecular weight excluding hydrogens is 404 g/mol. The predicted molar refractivity (Wildman–Crippen MR) is 126 cm³/mol. The number of rotatable bonds is 6. The number of nitrogens with zero attached hydrogens (tertiary/aromatic N) is 2. The molecule has 0 aromatic heterocycles. The third kappa shape index (κ3) is 4.07. The summed E-state index contributed by atoms with van der Waals surface area (Å²) in [6.07, 6.45) is 1.74. The molecule has 0 aliphatic carbocycles. The van der Waals surface area contributed by atoms with Gasteiger partial charge in [-0.05, 0) is 55.5 Å². The number of aliphatic imine (C=N–C) groups is 1. The maximum Gasteiger partial charge on any atom is 0.282 e. The van der Waals surface area contributed by atoms with Gasteiger partial charge in [0.25, 0.3) is 5.91 Å². The average molecular weight is 428 g/mol. The zero-order valence-corrected chi connectivity index (χ0v) is 18.5. The molecule has 6 nitrogen and oxygen atoms in total. The van der Waals surface area contributed by atoms with Crippen molar-refractivity contribution in [1.82, 2.24) is 0 Å². The zero-order chi connectivity index (χ0) is 22.7. The molecule has 4 rings (SSSR count). The van der Waals surface area contributed by atoms with Crippen LogP contribution in [0.15, 0.2) is 77.4 Å². The van der Waals surface area contributed by atoms with E-state index in [2.05, 4.69) is 0 Å². The molecule has 0 unspecified atom stereocenters. The molecule has 32 heavy (non-hydrogen) atoms. The number of ether oxygens (including phenoxy) is 3.